The molecule has 0 aromatic rings. The number of ether oxygens (including phenoxy) is 4. The quantitative estimate of drug-likeness (QED) is 0.0195. The van der Waals surface area contributed by atoms with E-state index in [9.17, 15) is 19.5 Å². The van der Waals surface area contributed by atoms with Crippen LogP contribution in [0.15, 0.2) is 243 Å². The number of hydrogen-bond acceptors (Lipinski definition) is 8. The summed E-state index contributed by atoms with van der Waals surface area (Å²) in [7, 11) is 5.89. The Bertz CT molecular complexity index is 2470. The maximum Gasteiger partial charge on any atom is 0.306 e. The van der Waals surface area contributed by atoms with E-state index < -0.39 is 30.3 Å². The van der Waals surface area contributed by atoms with Crippen LogP contribution in [0.1, 0.15) is 219 Å². The van der Waals surface area contributed by atoms with Crippen LogP contribution in [-0.4, -0.2) is 82.3 Å². The number of likely N-dealkylation sites (N-methyl/N-ethyl adjacent to an activating group) is 1. The van der Waals surface area contributed by atoms with Crippen molar-refractivity contribution in [2.75, 3.05) is 47.5 Å². The zero-order valence-corrected chi connectivity index (χ0v) is 59.9. The zero-order valence-electron chi connectivity index (χ0n) is 59.9. The Balaban J connectivity index is 4.34. The van der Waals surface area contributed by atoms with Gasteiger partial charge < -0.3 is 33.3 Å². The van der Waals surface area contributed by atoms with Gasteiger partial charge in [0.2, 0.25) is 0 Å². The van der Waals surface area contributed by atoms with Gasteiger partial charge in [-0.05, 0) is 167 Å². The number of rotatable bonds is 63. The maximum atomic E-state index is 12.9. The summed E-state index contributed by atoms with van der Waals surface area (Å²) in [5.74, 6) is -2.39. The molecule has 0 amide bonds. The van der Waals surface area contributed by atoms with Gasteiger partial charge in [-0.25, -0.2) is 0 Å². The van der Waals surface area contributed by atoms with E-state index in [-0.39, 0.29) is 32.7 Å². The van der Waals surface area contributed by atoms with Gasteiger partial charge >= 0.3 is 11.9 Å². The van der Waals surface area contributed by atoms with Crippen LogP contribution in [0.2, 0.25) is 0 Å². The molecule has 0 spiro atoms. The lowest BCUT2D eigenvalue weighted by molar-refractivity contribution is -0.870. The first kappa shape index (κ1) is 88.1. The fourth-order valence-electron chi connectivity index (χ4n) is 8.65. The highest BCUT2D eigenvalue weighted by molar-refractivity contribution is 5.70. The smallest absolute Gasteiger partial charge is 0.306 e. The van der Waals surface area contributed by atoms with Gasteiger partial charge in [-0.2, -0.15) is 0 Å². The van der Waals surface area contributed by atoms with E-state index >= 15 is 0 Å². The van der Waals surface area contributed by atoms with Gasteiger partial charge in [0.1, 0.15) is 13.2 Å². The highest BCUT2D eigenvalue weighted by Crippen LogP contribution is 2.12. The third kappa shape index (κ3) is 74.4. The van der Waals surface area contributed by atoms with Crippen LogP contribution < -0.4 is 5.11 Å². The van der Waals surface area contributed by atoms with Crippen LogP contribution in [0.25, 0.3) is 0 Å². The molecule has 0 saturated carbocycles. The van der Waals surface area contributed by atoms with Crippen molar-refractivity contribution in [1.29, 1.82) is 0 Å². The molecule has 0 aliphatic rings. The standard InChI is InChI=1S/C86H129NO8/c1-6-8-10-12-14-16-18-20-22-24-26-28-30-32-34-36-38-40-42-44-46-48-50-52-54-56-58-60-62-64-66-68-70-72-74-76-83(88)93-80-82(81-94-86(85(90)91)92-79-78-87(3,4)5)95-84(89)77-75-73-71-69-67-65-63-61-59-57-55-53-51-49-47-45-43-41-39-37-35-33-31-29-27-25-23-21-19-17-15-13-11-9-7-2/h8-11,14-17,20-23,26-29,32-35,38-41,44-47,50-53,56-59,62-65,82,86H,6-7,12-13,18-19,24-25,30-31,36-37,42-43,48-49,54-55,60-61,66-81H2,1-5H3/b10-8-,11-9-,16-14-,17-15-,22-20-,23-21-,28-26-,29-27-,34-32-,35-33-,40-38-,41-39-,46-44-,47-45-,52-50-,53-51-,58-56-,59-57-,64-62-,65-63-. The third-order valence-electron chi connectivity index (χ3n) is 14.1. The van der Waals surface area contributed by atoms with Crippen molar-refractivity contribution in [3.05, 3.63) is 243 Å². The van der Waals surface area contributed by atoms with Gasteiger partial charge in [0.15, 0.2) is 12.4 Å². The lowest BCUT2D eigenvalue weighted by Gasteiger charge is -2.26. The zero-order chi connectivity index (χ0) is 69.0. The molecule has 0 heterocycles. The number of hydrogen-bond donors (Lipinski definition) is 0. The van der Waals surface area contributed by atoms with Crippen molar-refractivity contribution in [2.45, 2.75) is 232 Å². The number of nitrogens with zero attached hydrogens (tertiary/aromatic N) is 1. The van der Waals surface area contributed by atoms with Crippen LogP contribution in [0, 0.1) is 0 Å². The minimum Gasteiger partial charge on any atom is -0.545 e. The minimum absolute atomic E-state index is 0.123. The molecule has 0 rings (SSSR count). The van der Waals surface area contributed by atoms with Crippen LogP contribution in [0.5, 0.6) is 0 Å². The van der Waals surface area contributed by atoms with Crippen molar-refractivity contribution >= 4 is 17.9 Å². The molecular formula is C86H129NO8. The fourth-order valence-corrected chi connectivity index (χ4v) is 8.65. The second-order valence-corrected chi connectivity index (χ2v) is 24.1. The number of unbranched alkanes of at least 4 members (excludes halogenated alkanes) is 8. The van der Waals surface area contributed by atoms with Crippen LogP contribution in [0.4, 0.5) is 0 Å². The topological polar surface area (TPSA) is 111 Å². The van der Waals surface area contributed by atoms with E-state index in [1.54, 1.807) is 0 Å². The predicted molar refractivity (Wildman–Crippen MR) is 406 cm³/mol. The normalized spacial score (nSPS) is 14.2. The molecule has 526 valence electrons. The number of aliphatic carboxylic acids is 1. The molecule has 0 aliphatic carbocycles. The number of carbonyl (C=O) groups is 3. The van der Waals surface area contributed by atoms with Gasteiger partial charge in [-0.1, -0.05) is 283 Å². The Hall–Kier alpha value is -6.91. The van der Waals surface area contributed by atoms with Crippen molar-refractivity contribution < 1.29 is 42.9 Å². The summed E-state index contributed by atoms with van der Waals surface area (Å²) in [6, 6.07) is 0. The number of carboxylic acid groups (broad SMARTS) is 1. The summed E-state index contributed by atoms with van der Waals surface area (Å²) < 4.78 is 22.7. The van der Waals surface area contributed by atoms with Crippen molar-refractivity contribution in [1.82, 2.24) is 0 Å². The second kappa shape index (κ2) is 72.9. The average molecular weight is 1300 g/mol. The molecule has 2 unspecified atom stereocenters. The Morgan fingerprint density at radius 2 is 0.568 bits per heavy atom. The molecule has 0 N–H and O–H groups in total. The number of allylic oxidation sites excluding steroid dienone is 40. The Morgan fingerprint density at radius 1 is 0.316 bits per heavy atom. The number of quaternary nitrogens is 1. The van der Waals surface area contributed by atoms with Crippen molar-refractivity contribution in [3.63, 3.8) is 0 Å². The molecule has 95 heavy (non-hydrogen) atoms. The lowest BCUT2D eigenvalue weighted by Crippen LogP contribution is -2.44. The molecule has 9 nitrogen and oxygen atoms in total. The summed E-state index contributed by atoms with van der Waals surface area (Å²) in [6.07, 6.45) is 115. The predicted octanol–water partition coefficient (Wildman–Crippen LogP) is 21.9. The molecule has 2 atom stereocenters. The molecule has 0 fully saturated rings. The molecule has 0 bridgehead atoms. The van der Waals surface area contributed by atoms with E-state index in [0.29, 0.717) is 23.9 Å². The average Bonchev–Trinajstić information content (AvgIpc) is 2.94. The second-order valence-electron chi connectivity index (χ2n) is 24.1. The van der Waals surface area contributed by atoms with Crippen molar-refractivity contribution in [3.8, 4) is 0 Å². The Morgan fingerprint density at radius 3 is 0.832 bits per heavy atom. The lowest BCUT2D eigenvalue weighted by atomic mass is 10.1. The first-order valence-corrected chi connectivity index (χ1v) is 36.2. The summed E-state index contributed by atoms with van der Waals surface area (Å²) in [4.78, 5) is 37.5. The van der Waals surface area contributed by atoms with Gasteiger partial charge in [-0.15, -0.1) is 0 Å². The Labute approximate surface area is 580 Å². The first-order chi connectivity index (χ1) is 46.6. The number of carbonyl (C=O) groups excluding carboxylic acids is 3. The summed E-state index contributed by atoms with van der Waals surface area (Å²) in [5.41, 5.74) is 0. The SMILES string of the molecule is CC/C=C\C/C=C\C/C=C\C/C=C\C/C=C\C/C=C\C/C=C\C/C=C\C/C=C\C/C=C\CCCCCCC(=O)OCC(COC(OCC[N+](C)(C)C)C(=O)[O-])OC(=O)CCCCCC/C=C\C/C=C\C/C=C\C/C=C\C/C=C\C/C=C\C/C=C\C/C=C\C/C=C\C/C=C\CC. The Kier molecular flexibility index (Phi) is 67.6. The molecule has 0 saturated heterocycles. The number of esters is 2. The molecular weight excluding hydrogens is 1170 g/mol. The number of carboxylic acids is 1. The maximum absolute atomic E-state index is 12.9. The van der Waals surface area contributed by atoms with Crippen LogP contribution in [-0.2, 0) is 33.3 Å². The van der Waals surface area contributed by atoms with E-state index in [1.165, 1.54) is 0 Å². The minimum atomic E-state index is -1.65. The summed E-state index contributed by atoms with van der Waals surface area (Å²) >= 11 is 0. The summed E-state index contributed by atoms with van der Waals surface area (Å²) in [5, 5.41) is 11.8. The van der Waals surface area contributed by atoms with E-state index in [1.807, 2.05) is 21.1 Å². The highest BCUT2D eigenvalue weighted by atomic mass is 16.7. The molecule has 0 radical (unpaired) electrons. The fraction of sp³-hybridized carbons (Fsp3) is 0.500. The van der Waals surface area contributed by atoms with Gasteiger partial charge in [0.05, 0.1) is 40.3 Å². The monoisotopic (exact) mass is 1300 g/mol. The molecule has 0 aromatic carbocycles. The van der Waals surface area contributed by atoms with Gasteiger partial charge in [0, 0.05) is 12.8 Å². The summed E-state index contributed by atoms with van der Waals surface area (Å²) in [6.45, 7) is 4.42. The highest BCUT2D eigenvalue weighted by Gasteiger charge is 2.22. The van der Waals surface area contributed by atoms with Gasteiger partial charge in [-0.3, -0.25) is 9.59 Å². The van der Waals surface area contributed by atoms with Crippen molar-refractivity contribution in [2.24, 2.45) is 0 Å². The van der Waals surface area contributed by atoms with Crippen LogP contribution >= 0.6 is 0 Å². The first-order valence-electron chi connectivity index (χ1n) is 36.2. The van der Waals surface area contributed by atoms with E-state index in [2.05, 4.69) is 257 Å². The molecule has 0 aromatic heterocycles. The van der Waals surface area contributed by atoms with E-state index in [4.69, 9.17) is 18.9 Å². The van der Waals surface area contributed by atoms with E-state index in [0.717, 1.165) is 180 Å². The van der Waals surface area contributed by atoms with Crippen LogP contribution in [0.3, 0.4) is 0 Å². The largest absolute Gasteiger partial charge is 0.545 e. The van der Waals surface area contributed by atoms with Gasteiger partial charge in [0.25, 0.3) is 0 Å². The molecule has 9 heteroatoms. The third-order valence-corrected chi connectivity index (χ3v) is 14.1. The molecule has 0 aliphatic heterocycles.